The van der Waals surface area contributed by atoms with Gasteiger partial charge < -0.3 is 14.4 Å². The van der Waals surface area contributed by atoms with Crippen LogP contribution >= 0.6 is 0 Å². The summed E-state index contributed by atoms with van der Waals surface area (Å²) < 4.78 is 10.6. The van der Waals surface area contributed by atoms with Crippen molar-refractivity contribution < 1.29 is 9.47 Å². The third-order valence-corrected chi connectivity index (χ3v) is 2.38. The van der Waals surface area contributed by atoms with Gasteiger partial charge in [0.15, 0.2) is 0 Å². The molecule has 3 nitrogen and oxygen atoms in total. The first-order chi connectivity index (χ1) is 6.92. The van der Waals surface area contributed by atoms with Gasteiger partial charge in [0, 0.05) is 13.1 Å². The molecule has 2 rings (SSSR count). The Morgan fingerprint density at radius 1 is 1.43 bits per heavy atom. The lowest BCUT2D eigenvalue weighted by atomic mass is 10.2. The summed E-state index contributed by atoms with van der Waals surface area (Å²) in [5.74, 6) is 0.884. The van der Waals surface area contributed by atoms with Crippen LogP contribution in [0.2, 0.25) is 0 Å². The second-order valence-electron chi connectivity index (χ2n) is 3.20. The molecule has 0 amide bonds. The van der Waals surface area contributed by atoms with E-state index in [9.17, 15) is 0 Å². The third kappa shape index (κ3) is 1.82. The number of nitrogens with zero attached hydrogens (tertiary/aromatic N) is 1. The second-order valence-corrected chi connectivity index (χ2v) is 3.20. The zero-order valence-corrected chi connectivity index (χ0v) is 8.32. The maximum Gasteiger partial charge on any atom is 0.142 e. The number of ether oxygens (including phenoxy) is 2. The van der Waals surface area contributed by atoms with Crippen LogP contribution in [-0.4, -0.2) is 33.4 Å². The van der Waals surface area contributed by atoms with Crippen LogP contribution in [0.15, 0.2) is 18.2 Å². The minimum Gasteiger partial charge on any atom is -0.495 e. The van der Waals surface area contributed by atoms with Crippen molar-refractivity contribution in [2.45, 2.75) is 0 Å². The summed E-state index contributed by atoms with van der Waals surface area (Å²) in [6.45, 7) is 3.45. The fraction of sp³-hybridized carbons (Fsp3) is 0.455. The molecule has 1 heterocycles. The van der Waals surface area contributed by atoms with E-state index >= 15 is 0 Å². The van der Waals surface area contributed by atoms with Crippen molar-refractivity contribution in [1.29, 1.82) is 0 Å². The van der Waals surface area contributed by atoms with Crippen LogP contribution in [0.1, 0.15) is 0 Å². The fourth-order valence-electron chi connectivity index (χ4n) is 1.64. The Labute approximate surface area is 84.2 Å². The Balaban J connectivity index is 2.20. The van der Waals surface area contributed by atoms with Gasteiger partial charge in [-0.15, -0.1) is 0 Å². The van der Waals surface area contributed by atoms with E-state index in [1.807, 2.05) is 18.2 Å². The first kappa shape index (κ1) is 9.34. The van der Waals surface area contributed by atoms with Crippen LogP contribution in [0.5, 0.6) is 5.75 Å². The molecule has 1 aromatic rings. The Hall–Kier alpha value is -1.22. The zero-order chi connectivity index (χ0) is 9.80. The van der Waals surface area contributed by atoms with Crippen LogP contribution in [0.25, 0.3) is 0 Å². The summed E-state index contributed by atoms with van der Waals surface area (Å²) in [4.78, 5) is 2.27. The van der Waals surface area contributed by atoms with E-state index in [2.05, 4.69) is 11.0 Å². The predicted molar refractivity (Wildman–Crippen MR) is 54.9 cm³/mol. The van der Waals surface area contributed by atoms with Gasteiger partial charge in [-0.1, -0.05) is 6.07 Å². The van der Waals surface area contributed by atoms with E-state index in [0.29, 0.717) is 0 Å². The van der Waals surface area contributed by atoms with Gasteiger partial charge in [-0.05, 0) is 18.2 Å². The van der Waals surface area contributed by atoms with Crippen molar-refractivity contribution in [2.24, 2.45) is 0 Å². The van der Waals surface area contributed by atoms with Crippen molar-refractivity contribution in [3.8, 4) is 5.75 Å². The van der Waals surface area contributed by atoms with Gasteiger partial charge in [-0.3, -0.25) is 0 Å². The molecule has 0 aromatic heterocycles. The van der Waals surface area contributed by atoms with Gasteiger partial charge >= 0.3 is 0 Å². The van der Waals surface area contributed by atoms with Gasteiger partial charge in [0.05, 0.1) is 26.0 Å². The highest BCUT2D eigenvalue weighted by Gasteiger charge is 2.14. The van der Waals surface area contributed by atoms with E-state index in [0.717, 1.165) is 37.7 Å². The van der Waals surface area contributed by atoms with Crippen molar-refractivity contribution in [1.82, 2.24) is 0 Å². The van der Waals surface area contributed by atoms with E-state index in [-0.39, 0.29) is 0 Å². The lowest BCUT2D eigenvalue weighted by Crippen LogP contribution is -2.36. The van der Waals surface area contributed by atoms with Crippen molar-refractivity contribution >= 4 is 5.69 Å². The normalized spacial score (nSPS) is 16.8. The van der Waals surface area contributed by atoms with Crippen molar-refractivity contribution in [3.05, 3.63) is 24.3 Å². The molecule has 0 bridgehead atoms. The number of rotatable bonds is 2. The molecular weight excluding hydrogens is 178 g/mol. The van der Waals surface area contributed by atoms with Gasteiger partial charge in [0.1, 0.15) is 5.75 Å². The zero-order valence-electron chi connectivity index (χ0n) is 8.32. The van der Waals surface area contributed by atoms with Crippen molar-refractivity contribution in [3.63, 3.8) is 0 Å². The van der Waals surface area contributed by atoms with E-state index < -0.39 is 0 Å². The summed E-state index contributed by atoms with van der Waals surface area (Å²) in [6.07, 6.45) is 0. The molecule has 1 aliphatic heterocycles. The van der Waals surface area contributed by atoms with E-state index in [4.69, 9.17) is 9.47 Å². The maximum atomic E-state index is 5.30. The summed E-state index contributed by atoms with van der Waals surface area (Å²) in [7, 11) is 1.69. The monoisotopic (exact) mass is 192 g/mol. The molecule has 0 N–H and O–H groups in total. The largest absolute Gasteiger partial charge is 0.495 e. The smallest absolute Gasteiger partial charge is 0.142 e. The number of anilines is 1. The molecule has 0 spiro atoms. The van der Waals surface area contributed by atoms with Gasteiger partial charge in [0.2, 0.25) is 0 Å². The first-order valence-corrected chi connectivity index (χ1v) is 4.78. The minimum atomic E-state index is 0.793. The highest BCUT2D eigenvalue weighted by molar-refractivity contribution is 5.58. The van der Waals surface area contributed by atoms with Crippen molar-refractivity contribution in [2.75, 3.05) is 38.3 Å². The molecule has 0 atom stereocenters. The topological polar surface area (TPSA) is 21.7 Å². The Bertz CT molecular complexity index is 295. The molecule has 0 unspecified atom stereocenters. The molecular formula is C11H14NO2. The minimum absolute atomic E-state index is 0.793. The standard InChI is InChI=1S/C11H14NO2/c1-13-11-5-3-2-4-10(11)12-6-8-14-9-7-12/h2,4-5H,6-9H2,1H3. The van der Waals surface area contributed by atoms with Crippen LogP contribution in [0.3, 0.4) is 0 Å². The van der Waals surface area contributed by atoms with Crippen LogP contribution < -0.4 is 9.64 Å². The maximum absolute atomic E-state index is 5.30. The number of hydrogen-bond donors (Lipinski definition) is 0. The second kappa shape index (κ2) is 4.33. The highest BCUT2D eigenvalue weighted by atomic mass is 16.5. The molecule has 0 saturated carbocycles. The lowest BCUT2D eigenvalue weighted by Gasteiger charge is -2.29. The molecule has 1 fully saturated rings. The molecule has 1 aromatic carbocycles. The van der Waals surface area contributed by atoms with Crippen LogP contribution in [-0.2, 0) is 4.74 Å². The Morgan fingerprint density at radius 2 is 2.21 bits per heavy atom. The van der Waals surface area contributed by atoms with Gasteiger partial charge in [0.25, 0.3) is 0 Å². The highest BCUT2D eigenvalue weighted by Crippen LogP contribution is 2.27. The molecule has 1 saturated heterocycles. The molecule has 0 aliphatic carbocycles. The van der Waals surface area contributed by atoms with Gasteiger partial charge in [-0.25, -0.2) is 0 Å². The van der Waals surface area contributed by atoms with E-state index in [1.54, 1.807) is 7.11 Å². The molecule has 3 heteroatoms. The summed E-state index contributed by atoms with van der Waals surface area (Å²) >= 11 is 0. The SMILES string of the molecule is COc1c[c]ccc1N1CCOCC1. The first-order valence-electron chi connectivity index (χ1n) is 4.78. The molecule has 1 radical (unpaired) electrons. The molecule has 14 heavy (non-hydrogen) atoms. The quantitative estimate of drug-likeness (QED) is 0.705. The average Bonchev–Trinajstić information content (AvgIpc) is 2.30. The number of benzene rings is 1. The summed E-state index contributed by atoms with van der Waals surface area (Å²) in [5.41, 5.74) is 1.13. The average molecular weight is 192 g/mol. The number of morpholine rings is 1. The van der Waals surface area contributed by atoms with E-state index in [1.165, 1.54) is 0 Å². The number of methoxy groups -OCH3 is 1. The summed E-state index contributed by atoms with van der Waals surface area (Å²) in [5, 5.41) is 0. The van der Waals surface area contributed by atoms with Crippen LogP contribution in [0.4, 0.5) is 5.69 Å². The van der Waals surface area contributed by atoms with Crippen LogP contribution in [0, 0.1) is 6.07 Å². The predicted octanol–water partition coefficient (Wildman–Crippen LogP) is 1.33. The Kier molecular flexibility index (Phi) is 2.89. The molecule has 75 valence electrons. The van der Waals surface area contributed by atoms with Gasteiger partial charge in [-0.2, -0.15) is 0 Å². The summed E-state index contributed by atoms with van der Waals surface area (Å²) in [6, 6.07) is 8.82. The Morgan fingerprint density at radius 3 is 2.93 bits per heavy atom. The fourth-order valence-corrected chi connectivity index (χ4v) is 1.64. The third-order valence-electron chi connectivity index (χ3n) is 2.38. The molecule has 1 aliphatic rings. The lowest BCUT2D eigenvalue weighted by molar-refractivity contribution is 0.122. The number of hydrogen-bond acceptors (Lipinski definition) is 3.